The van der Waals surface area contributed by atoms with E-state index in [0.29, 0.717) is 16.6 Å². The average molecular weight is 243 g/mol. The molecule has 0 radical (unpaired) electrons. The summed E-state index contributed by atoms with van der Waals surface area (Å²) in [4.78, 5) is 0. The van der Waals surface area contributed by atoms with E-state index in [9.17, 15) is 18.3 Å². The molecule has 1 atom stereocenters. The standard InChI is InChI=1S/C12H12F3NO/c1-7-10(11(17)12(13,14)15)8-5-3-4-6-9(8)16(7)2/h3-6,11,17H,1-2H3. The maximum absolute atomic E-state index is 12.6. The monoisotopic (exact) mass is 243 g/mol. The number of para-hydroxylation sites is 1. The Kier molecular flexibility index (Phi) is 2.66. The second-order valence-corrected chi connectivity index (χ2v) is 4.02. The smallest absolute Gasteiger partial charge is 0.379 e. The molecule has 1 aromatic heterocycles. The number of halogens is 3. The molecule has 2 aromatic rings. The fourth-order valence-electron chi connectivity index (χ4n) is 2.06. The minimum absolute atomic E-state index is 0.0596. The normalized spacial score (nSPS) is 14.2. The SMILES string of the molecule is Cc1c(C(O)C(F)(F)F)c2ccccc2n1C. The van der Waals surface area contributed by atoms with Crippen molar-refractivity contribution in [2.75, 3.05) is 0 Å². The first kappa shape index (κ1) is 12.0. The molecule has 1 heterocycles. The predicted octanol–water partition coefficient (Wildman–Crippen LogP) is 3.08. The van der Waals surface area contributed by atoms with E-state index >= 15 is 0 Å². The van der Waals surface area contributed by atoms with Crippen LogP contribution in [0.3, 0.4) is 0 Å². The zero-order chi connectivity index (χ0) is 12.8. The lowest BCUT2D eigenvalue weighted by Gasteiger charge is -2.15. The van der Waals surface area contributed by atoms with E-state index in [2.05, 4.69) is 0 Å². The van der Waals surface area contributed by atoms with Crippen LogP contribution in [0.25, 0.3) is 10.9 Å². The molecule has 0 aliphatic rings. The van der Waals surface area contributed by atoms with Crippen LogP contribution in [-0.2, 0) is 7.05 Å². The summed E-state index contributed by atoms with van der Waals surface area (Å²) in [6.07, 6.45) is -7.08. The van der Waals surface area contributed by atoms with E-state index < -0.39 is 12.3 Å². The number of aromatic nitrogens is 1. The topological polar surface area (TPSA) is 25.2 Å². The van der Waals surface area contributed by atoms with Crippen molar-refractivity contribution in [2.45, 2.75) is 19.2 Å². The van der Waals surface area contributed by atoms with Gasteiger partial charge in [-0.25, -0.2) is 0 Å². The van der Waals surface area contributed by atoms with Gasteiger partial charge >= 0.3 is 6.18 Å². The Morgan fingerprint density at radius 3 is 2.41 bits per heavy atom. The first-order valence-electron chi connectivity index (χ1n) is 5.12. The highest BCUT2D eigenvalue weighted by Crippen LogP contribution is 2.38. The molecule has 2 rings (SSSR count). The van der Waals surface area contributed by atoms with Gasteiger partial charge in [-0.2, -0.15) is 13.2 Å². The highest BCUT2D eigenvalue weighted by molar-refractivity contribution is 5.85. The number of aryl methyl sites for hydroxylation is 1. The van der Waals surface area contributed by atoms with Crippen LogP contribution in [0.5, 0.6) is 0 Å². The molecular weight excluding hydrogens is 231 g/mol. The Balaban J connectivity index is 2.73. The number of alkyl halides is 3. The van der Waals surface area contributed by atoms with Gasteiger partial charge in [-0.05, 0) is 13.0 Å². The van der Waals surface area contributed by atoms with Crippen LogP contribution < -0.4 is 0 Å². The number of rotatable bonds is 1. The molecule has 0 aliphatic carbocycles. The Morgan fingerprint density at radius 1 is 1.24 bits per heavy atom. The second-order valence-electron chi connectivity index (χ2n) is 4.02. The third-order valence-electron chi connectivity index (χ3n) is 3.03. The first-order valence-corrected chi connectivity index (χ1v) is 5.12. The minimum Gasteiger partial charge on any atom is -0.379 e. The zero-order valence-corrected chi connectivity index (χ0v) is 9.42. The van der Waals surface area contributed by atoms with Gasteiger partial charge in [0, 0.05) is 29.2 Å². The van der Waals surface area contributed by atoms with Gasteiger partial charge in [0.1, 0.15) is 0 Å². The van der Waals surface area contributed by atoms with Crippen LogP contribution in [0.15, 0.2) is 24.3 Å². The van der Waals surface area contributed by atoms with Crippen molar-refractivity contribution < 1.29 is 18.3 Å². The number of hydrogen-bond donors (Lipinski definition) is 1. The third kappa shape index (κ3) is 1.80. The predicted molar refractivity (Wildman–Crippen MR) is 58.7 cm³/mol. The lowest BCUT2D eigenvalue weighted by Crippen LogP contribution is -2.20. The van der Waals surface area contributed by atoms with Crippen molar-refractivity contribution in [1.29, 1.82) is 0 Å². The van der Waals surface area contributed by atoms with Gasteiger partial charge in [-0.15, -0.1) is 0 Å². The summed E-state index contributed by atoms with van der Waals surface area (Å²) in [5.74, 6) is 0. The second kappa shape index (κ2) is 3.77. The molecule has 2 nitrogen and oxygen atoms in total. The summed E-state index contributed by atoms with van der Waals surface area (Å²) in [5.41, 5.74) is 1.05. The summed E-state index contributed by atoms with van der Waals surface area (Å²) >= 11 is 0. The Morgan fingerprint density at radius 2 is 1.82 bits per heavy atom. The number of hydrogen-bond acceptors (Lipinski definition) is 1. The highest BCUT2D eigenvalue weighted by atomic mass is 19.4. The van der Waals surface area contributed by atoms with Crippen LogP contribution in [0, 0.1) is 6.92 Å². The highest BCUT2D eigenvalue weighted by Gasteiger charge is 2.41. The van der Waals surface area contributed by atoms with E-state index in [-0.39, 0.29) is 5.56 Å². The molecule has 0 spiro atoms. The quantitative estimate of drug-likeness (QED) is 0.818. The third-order valence-corrected chi connectivity index (χ3v) is 3.03. The van der Waals surface area contributed by atoms with Gasteiger partial charge in [0.2, 0.25) is 0 Å². The van der Waals surface area contributed by atoms with Crippen molar-refractivity contribution in [1.82, 2.24) is 4.57 Å². The fraction of sp³-hybridized carbons (Fsp3) is 0.333. The first-order chi connectivity index (χ1) is 7.84. The number of aliphatic hydroxyl groups is 1. The van der Waals surface area contributed by atoms with Crippen LogP contribution in [-0.4, -0.2) is 15.8 Å². The van der Waals surface area contributed by atoms with Crippen LogP contribution in [0.4, 0.5) is 13.2 Å². The van der Waals surface area contributed by atoms with E-state index in [1.54, 1.807) is 42.8 Å². The molecule has 1 N–H and O–H groups in total. The van der Waals surface area contributed by atoms with Crippen molar-refractivity contribution in [3.8, 4) is 0 Å². The fourth-order valence-corrected chi connectivity index (χ4v) is 2.06. The largest absolute Gasteiger partial charge is 0.418 e. The molecule has 1 unspecified atom stereocenters. The summed E-state index contributed by atoms with van der Waals surface area (Å²) < 4.78 is 39.4. The molecule has 0 amide bonds. The van der Waals surface area contributed by atoms with Gasteiger partial charge in [0.15, 0.2) is 6.10 Å². The molecule has 17 heavy (non-hydrogen) atoms. The van der Waals surface area contributed by atoms with Crippen molar-refractivity contribution in [3.05, 3.63) is 35.5 Å². The van der Waals surface area contributed by atoms with Crippen molar-refractivity contribution in [3.63, 3.8) is 0 Å². The molecule has 0 saturated heterocycles. The molecule has 1 aromatic carbocycles. The van der Waals surface area contributed by atoms with Crippen LogP contribution in [0.1, 0.15) is 17.4 Å². The van der Waals surface area contributed by atoms with Gasteiger partial charge in [-0.3, -0.25) is 0 Å². The minimum atomic E-state index is -4.64. The number of benzene rings is 1. The lowest BCUT2D eigenvalue weighted by molar-refractivity contribution is -0.206. The molecule has 92 valence electrons. The summed E-state index contributed by atoms with van der Waals surface area (Å²) in [6.45, 7) is 1.57. The van der Waals surface area contributed by atoms with Crippen molar-refractivity contribution >= 4 is 10.9 Å². The van der Waals surface area contributed by atoms with Crippen molar-refractivity contribution in [2.24, 2.45) is 7.05 Å². The van der Waals surface area contributed by atoms with Gasteiger partial charge in [-0.1, -0.05) is 18.2 Å². The molecule has 5 heteroatoms. The average Bonchev–Trinajstić information content (AvgIpc) is 2.51. The van der Waals surface area contributed by atoms with Gasteiger partial charge in [0.05, 0.1) is 0 Å². The van der Waals surface area contributed by atoms with Gasteiger partial charge < -0.3 is 9.67 Å². The molecule has 0 bridgehead atoms. The van der Waals surface area contributed by atoms with E-state index in [1.165, 1.54) is 0 Å². The summed E-state index contributed by atoms with van der Waals surface area (Å²) in [6, 6.07) is 6.74. The number of aliphatic hydroxyl groups excluding tert-OH is 1. The maximum Gasteiger partial charge on any atom is 0.418 e. The lowest BCUT2D eigenvalue weighted by atomic mass is 10.1. The van der Waals surface area contributed by atoms with E-state index in [1.807, 2.05) is 0 Å². The molecule has 0 fully saturated rings. The summed E-state index contributed by atoms with van der Waals surface area (Å²) in [5, 5.41) is 9.85. The Labute approximate surface area is 96.3 Å². The maximum atomic E-state index is 12.6. The zero-order valence-electron chi connectivity index (χ0n) is 9.42. The molecule has 0 saturated carbocycles. The van der Waals surface area contributed by atoms with E-state index in [4.69, 9.17) is 0 Å². The Bertz CT molecular complexity index is 557. The Hall–Kier alpha value is -1.49. The van der Waals surface area contributed by atoms with Crippen LogP contribution >= 0.6 is 0 Å². The molecule has 0 aliphatic heterocycles. The van der Waals surface area contributed by atoms with Gasteiger partial charge in [0.25, 0.3) is 0 Å². The molecular formula is C12H12F3NO. The number of fused-ring (bicyclic) bond motifs is 1. The number of nitrogens with zero attached hydrogens (tertiary/aromatic N) is 1. The van der Waals surface area contributed by atoms with E-state index in [0.717, 1.165) is 0 Å². The summed E-state index contributed by atoms with van der Waals surface area (Å²) in [7, 11) is 1.68. The van der Waals surface area contributed by atoms with Crippen LogP contribution in [0.2, 0.25) is 0 Å².